The van der Waals surface area contributed by atoms with Crippen LogP contribution >= 0.6 is 22.6 Å². The molecule has 0 radical (unpaired) electrons. The summed E-state index contributed by atoms with van der Waals surface area (Å²) in [4.78, 5) is 14.1. The van der Waals surface area contributed by atoms with E-state index >= 15 is 0 Å². The Bertz CT molecular complexity index is 474. The highest BCUT2D eigenvalue weighted by Gasteiger charge is 2.39. The van der Waals surface area contributed by atoms with Crippen LogP contribution in [-0.4, -0.2) is 16.1 Å². The summed E-state index contributed by atoms with van der Waals surface area (Å²) in [6.45, 7) is 1.56. The van der Waals surface area contributed by atoms with Gasteiger partial charge in [-0.05, 0) is 34.6 Å². The molecule has 0 saturated heterocycles. The quantitative estimate of drug-likeness (QED) is 0.795. The topological polar surface area (TPSA) is 76.2 Å². The highest BCUT2D eigenvalue weighted by Crippen LogP contribution is 2.35. The number of rotatable bonds is 2. The number of carbonyl (C=O) groups is 1. The predicted molar refractivity (Wildman–Crippen MR) is 62.7 cm³/mol. The van der Waals surface area contributed by atoms with Crippen molar-refractivity contribution in [2.45, 2.75) is 19.5 Å². The molecule has 0 bridgehead atoms. The highest BCUT2D eigenvalue weighted by atomic mass is 127. The monoisotopic (exact) mass is 360 g/mol. The van der Waals surface area contributed by atoms with E-state index in [9.17, 15) is 18.0 Å². The van der Waals surface area contributed by atoms with Crippen molar-refractivity contribution in [2.24, 2.45) is 0 Å². The lowest BCUT2D eigenvalue weighted by molar-refractivity contribution is -0.141. The molecular formula is C9H8F3IN2O2. The van der Waals surface area contributed by atoms with E-state index < -0.39 is 23.4 Å². The molecule has 1 aromatic rings. The summed E-state index contributed by atoms with van der Waals surface area (Å²) in [5.74, 6) is -1.96. The number of nitrogens with two attached hydrogens (primary N) is 1. The van der Waals surface area contributed by atoms with E-state index in [1.54, 1.807) is 29.5 Å². The maximum Gasteiger partial charge on any atom is 0.434 e. The van der Waals surface area contributed by atoms with Gasteiger partial charge in [0.15, 0.2) is 5.69 Å². The molecule has 0 spiro atoms. The Kier molecular flexibility index (Phi) is 3.84. The molecule has 3 N–H and O–H groups in total. The Morgan fingerprint density at radius 3 is 2.41 bits per heavy atom. The smallest absolute Gasteiger partial charge is 0.434 e. The van der Waals surface area contributed by atoms with E-state index in [0.717, 1.165) is 0 Å². The van der Waals surface area contributed by atoms with Crippen molar-refractivity contribution >= 4 is 34.4 Å². The molecule has 0 saturated carbocycles. The Morgan fingerprint density at radius 1 is 1.53 bits per heavy atom. The SMILES string of the molecule is CCc1c(I)c(N)nc(C(F)(F)F)c1C(=O)O. The number of alkyl halides is 3. The summed E-state index contributed by atoms with van der Waals surface area (Å²) < 4.78 is 38.2. The standard InChI is InChI=1S/C9H8F3IN2O2/c1-2-3-4(8(16)17)6(9(10,11)12)15-7(14)5(3)13/h2H2,1H3,(H2,14,15)(H,16,17). The average molecular weight is 360 g/mol. The fourth-order valence-corrected chi connectivity index (χ4v) is 2.17. The van der Waals surface area contributed by atoms with E-state index in [4.69, 9.17) is 10.8 Å². The molecule has 4 nitrogen and oxygen atoms in total. The number of aromatic carboxylic acids is 1. The van der Waals surface area contributed by atoms with Crippen molar-refractivity contribution in [3.8, 4) is 0 Å². The normalized spacial score (nSPS) is 11.6. The zero-order valence-corrected chi connectivity index (χ0v) is 10.8. The van der Waals surface area contributed by atoms with Crippen LogP contribution in [-0.2, 0) is 12.6 Å². The number of nitrogen functional groups attached to an aromatic ring is 1. The van der Waals surface area contributed by atoms with Crippen LogP contribution in [0.5, 0.6) is 0 Å². The van der Waals surface area contributed by atoms with Crippen LogP contribution in [0.15, 0.2) is 0 Å². The first kappa shape index (κ1) is 14.0. The lowest BCUT2D eigenvalue weighted by atomic mass is 10.0. The molecule has 8 heteroatoms. The number of aromatic nitrogens is 1. The summed E-state index contributed by atoms with van der Waals surface area (Å²) in [5, 5.41) is 8.87. The third-order valence-electron chi connectivity index (χ3n) is 2.10. The summed E-state index contributed by atoms with van der Waals surface area (Å²) in [6.07, 6.45) is -4.70. The van der Waals surface area contributed by atoms with E-state index in [2.05, 4.69) is 4.98 Å². The van der Waals surface area contributed by atoms with Crippen LogP contribution in [0.1, 0.15) is 28.5 Å². The second-order valence-electron chi connectivity index (χ2n) is 3.17. The number of halogens is 4. The third kappa shape index (κ3) is 2.61. The highest BCUT2D eigenvalue weighted by molar-refractivity contribution is 14.1. The Morgan fingerprint density at radius 2 is 2.06 bits per heavy atom. The first-order valence-corrected chi connectivity index (χ1v) is 5.56. The van der Waals surface area contributed by atoms with E-state index in [1.165, 1.54) is 0 Å². The van der Waals surface area contributed by atoms with E-state index in [-0.39, 0.29) is 21.4 Å². The van der Waals surface area contributed by atoms with Gasteiger partial charge in [-0.25, -0.2) is 9.78 Å². The van der Waals surface area contributed by atoms with Crippen molar-refractivity contribution in [3.05, 3.63) is 20.4 Å². The largest absolute Gasteiger partial charge is 0.478 e. The minimum absolute atomic E-state index is 0.0536. The Labute approximate surface area is 108 Å². The van der Waals surface area contributed by atoms with Gasteiger partial charge in [-0.1, -0.05) is 6.92 Å². The van der Waals surface area contributed by atoms with Gasteiger partial charge in [0.2, 0.25) is 0 Å². The van der Waals surface area contributed by atoms with Crippen LogP contribution in [0.25, 0.3) is 0 Å². The molecule has 0 fully saturated rings. The van der Waals surface area contributed by atoms with Gasteiger partial charge in [-0.2, -0.15) is 13.2 Å². The van der Waals surface area contributed by atoms with Crippen LogP contribution in [0.2, 0.25) is 0 Å². The molecular weight excluding hydrogens is 352 g/mol. The van der Waals surface area contributed by atoms with Crippen molar-refractivity contribution in [3.63, 3.8) is 0 Å². The molecule has 1 heterocycles. The number of hydrogen-bond acceptors (Lipinski definition) is 3. The molecule has 0 unspecified atom stereocenters. The van der Waals surface area contributed by atoms with Gasteiger partial charge < -0.3 is 10.8 Å². The number of carboxylic acid groups (broad SMARTS) is 1. The molecule has 0 aliphatic rings. The number of anilines is 1. The van der Waals surface area contributed by atoms with Crippen LogP contribution in [0.4, 0.5) is 19.0 Å². The van der Waals surface area contributed by atoms with Crippen molar-refractivity contribution < 1.29 is 23.1 Å². The molecule has 1 aromatic heterocycles. The average Bonchev–Trinajstić information content (AvgIpc) is 2.19. The van der Waals surface area contributed by atoms with Crippen molar-refractivity contribution in [1.82, 2.24) is 4.98 Å². The van der Waals surface area contributed by atoms with Crippen molar-refractivity contribution in [2.75, 3.05) is 5.73 Å². The lowest BCUT2D eigenvalue weighted by Gasteiger charge is -2.15. The van der Waals surface area contributed by atoms with Gasteiger partial charge in [-0.15, -0.1) is 0 Å². The van der Waals surface area contributed by atoms with Gasteiger partial charge in [0.1, 0.15) is 5.82 Å². The van der Waals surface area contributed by atoms with Crippen molar-refractivity contribution in [1.29, 1.82) is 0 Å². The second-order valence-corrected chi connectivity index (χ2v) is 4.25. The number of nitrogens with zero attached hydrogens (tertiary/aromatic N) is 1. The molecule has 17 heavy (non-hydrogen) atoms. The van der Waals surface area contributed by atoms with Gasteiger partial charge in [0, 0.05) is 0 Å². The first-order chi connectivity index (χ1) is 7.70. The number of hydrogen-bond donors (Lipinski definition) is 2. The van der Waals surface area contributed by atoms with Crippen LogP contribution in [0, 0.1) is 3.57 Å². The zero-order chi connectivity index (χ0) is 13.4. The summed E-state index contributed by atoms with van der Waals surface area (Å²) in [7, 11) is 0. The maximum absolute atomic E-state index is 12.7. The molecule has 0 atom stereocenters. The second kappa shape index (κ2) is 4.67. The minimum Gasteiger partial charge on any atom is -0.478 e. The molecule has 0 aliphatic heterocycles. The number of pyridine rings is 1. The Balaban J connectivity index is 3.72. The maximum atomic E-state index is 12.7. The van der Waals surface area contributed by atoms with Gasteiger partial charge >= 0.3 is 12.1 Å². The first-order valence-electron chi connectivity index (χ1n) is 4.48. The van der Waals surface area contributed by atoms with Gasteiger partial charge in [-0.3, -0.25) is 0 Å². The molecule has 0 aliphatic carbocycles. The van der Waals surface area contributed by atoms with E-state index in [0.29, 0.717) is 0 Å². The Hall–Kier alpha value is -1.06. The summed E-state index contributed by atoms with van der Waals surface area (Å²) in [6, 6.07) is 0. The molecule has 0 aromatic carbocycles. The fourth-order valence-electron chi connectivity index (χ4n) is 1.40. The fraction of sp³-hybridized carbons (Fsp3) is 0.333. The molecule has 0 amide bonds. The minimum atomic E-state index is -4.84. The summed E-state index contributed by atoms with van der Waals surface area (Å²) in [5.41, 5.74) is 3.14. The molecule has 1 rings (SSSR count). The van der Waals surface area contributed by atoms with Gasteiger partial charge in [0.25, 0.3) is 0 Å². The zero-order valence-electron chi connectivity index (χ0n) is 8.60. The van der Waals surface area contributed by atoms with Crippen LogP contribution in [0.3, 0.4) is 0 Å². The number of carboxylic acids is 1. The van der Waals surface area contributed by atoms with E-state index in [1.807, 2.05) is 0 Å². The van der Waals surface area contributed by atoms with Crippen LogP contribution < -0.4 is 5.73 Å². The van der Waals surface area contributed by atoms with Gasteiger partial charge in [0.05, 0.1) is 9.13 Å². The third-order valence-corrected chi connectivity index (χ3v) is 3.30. The lowest BCUT2D eigenvalue weighted by Crippen LogP contribution is -2.20. The summed E-state index contributed by atoms with van der Waals surface area (Å²) >= 11 is 1.69. The predicted octanol–water partition coefficient (Wildman–Crippen LogP) is 2.55. The molecule has 94 valence electrons.